The third-order valence-corrected chi connectivity index (χ3v) is 3.36. The standard InChI is InChI=1S/C16H21ClN6O3/c1-8(22-15(25)26-16(2,3)4)6-19-14-12-11(20-7-21-14)9(13(18)24)5-10(17)23-12/h5,7-8H,6H2,1-4H3,(H2,18,24)(H,22,25)(H,19,20,21). The number of halogens is 1. The van der Waals surface area contributed by atoms with Crippen LogP contribution in [0, 0.1) is 0 Å². The Balaban J connectivity index is 2.14. The predicted octanol–water partition coefficient (Wildman–Crippen LogP) is 2.10. The minimum atomic E-state index is -0.663. The Labute approximate surface area is 155 Å². The molecule has 0 aliphatic heterocycles. The first-order valence-electron chi connectivity index (χ1n) is 7.91. The fourth-order valence-electron chi connectivity index (χ4n) is 2.14. The number of aromatic nitrogens is 3. The SMILES string of the molecule is CC(CNc1ncnc2c(C(N)=O)cc(Cl)nc12)NC(=O)OC(C)(C)C. The van der Waals surface area contributed by atoms with Crippen molar-refractivity contribution in [2.24, 2.45) is 5.73 Å². The van der Waals surface area contributed by atoms with E-state index in [1.807, 2.05) is 0 Å². The summed E-state index contributed by atoms with van der Waals surface area (Å²) in [5, 5.41) is 5.86. The number of anilines is 1. The van der Waals surface area contributed by atoms with Gasteiger partial charge >= 0.3 is 6.09 Å². The zero-order valence-electron chi connectivity index (χ0n) is 15.0. The number of carbonyl (C=O) groups is 2. The molecule has 9 nitrogen and oxygen atoms in total. The molecule has 4 N–H and O–H groups in total. The molecule has 0 aliphatic carbocycles. The van der Waals surface area contributed by atoms with E-state index in [2.05, 4.69) is 25.6 Å². The van der Waals surface area contributed by atoms with Crippen molar-refractivity contribution in [3.05, 3.63) is 23.1 Å². The quantitative estimate of drug-likeness (QED) is 0.676. The summed E-state index contributed by atoms with van der Waals surface area (Å²) in [4.78, 5) is 35.7. The third kappa shape index (κ3) is 5.16. The lowest BCUT2D eigenvalue weighted by Crippen LogP contribution is -2.40. The summed E-state index contributed by atoms with van der Waals surface area (Å²) in [6, 6.07) is 1.10. The number of hydrogen-bond donors (Lipinski definition) is 3. The Morgan fingerprint density at radius 2 is 2.00 bits per heavy atom. The van der Waals surface area contributed by atoms with E-state index in [9.17, 15) is 9.59 Å². The first kappa shape index (κ1) is 19.6. The summed E-state index contributed by atoms with van der Waals surface area (Å²) in [5.74, 6) is -0.290. The lowest BCUT2D eigenvalue weighted by atomic mass is 10.2. The first-order chi connectivity index (χ1) is 12.1. The minimum Gasteiger partial charge on any atom is -0.444 e. The van der Waals surface area contributed by atoms with E-state index in [1.165, 1.54) is 12.4 Å². The number of carbonyl (C=O) groups excluding carboxylic acids is 2. The molecule has 140 valence electrons. The summed E-state index contributed by atoms with van der Waals surface area (Å²) in [5.41, 5.74) is 5.56. The first-order valence-corrected chi connectivity index (χ1v) is 8.29. The molecule has 2 aromatic heterocycles. The Bertz CT molecular complexity index is 837. The minimum absolute atomic E-state index is 0.101. The van der Waals surface area contributed by atoms with Crippen molar-refractivity contribution in [2.75, 3.05) is 11.9 Å². The van der Waals surface area contributed by atoms with Gasteiger partial charge in [0.05, 0.1) is 5.56 Å². The highest BCUT2D eigenvalue weighted by Gasteiger charge is 2.18. The number of primary amides is 1. The number of pyridine rings is 1. The van der Waals surface area contributed by atoms with Gasteiger partial charge in [-0.2, -0.15) is 0 Å². The molecule has 2 heterocycles. The van der Waals surface area contributed by atoms with E-state index >= 15 is 0 Å². The predicted molar refractivity (Wildman–Crippen MR) is 98.2 cm³/mol. The maximum absolute atomic E-state index is 11.8. The molecular formula is C16H21ClN6O3. The molecule has 1 unspecified atom stereocenters. The number of amides is 2. The maximum atomic E-state index is 11.8. The van der Waals surface area contributed by atoms with Gasteiger partial charge in [-0.15, -0.1) is 0 Å². The molecule has 2 rings (SSSR count). The Hall–Kier alpha value is -2.68. The summed E-state index contributed by atoms with van der Waals surface area (Å²) >= 11 is 5.96. The molecule has 10 heteroatoms. The second-order valence-corrected chi connectivity index (χ2v) is 7.09. The second-order valence-electron chi connectivity index (χ2n) is 6.70. The second kappa shape index (κ2) is 7.69. The van der Waals surface area contributed by atoms with Crippen molar-refractivity contribution < 1.29 is 14.3 Å². The normalized spacial score (nSPS) is 12.5. The molecule has 0 aromatic carbocycles. The van der Waals surface area contributed by atoms with Crippen LogP contribution in [-0.4, -0.2) is 45.1 Å². The maximum Gasteiger partial charge on any atom is 0.407 e. The average Bonchev–Trinajstić information content (AvgIpc) is 2.50. The number of nitrogens with two attached hydrogens (primary N) is 1. The molecule has 2 aromatic rings. The van der Waals surface area contributed by atoms with E-state index in [0.717, 1.165) is 0 Å². The number of ether oxygens (including phenoxy) is 1. The largest absolute Gasteiger partial charge is 0.444 e. The van der Waals surface area contributed by atoms with Gasteiger partial charge in [0.15, 0.2) is 5.82 Å². The van der Waals surface area contributed by atoms with Crippen molar-refractivity contribution in [2.45, 2.75) is 39.3 Å². The number of fused-ring (bicyclic) bond motifs is 1. The van der Waals surface area contributed by atoms with Gasteiger partial charge in [0.2, 0.25) is 0 Å². The van der Waals surface area contributed by atoms with Gasteiger partial charge in [-0.3, -0.25) is 4.79 Å². The van der Waals surface area contributed by atoms with Crippen LogP contribution in [0.4, 0.5) is 10.6 Å². The zero-order valence-corrected chi connectivity index (χ0v) is 15.7. The van der Waals surface area contributed by atoms with Crippen LogP contribution < -0.4 is 16.4 Å². The van der Waals surface area contributed by atoms with Gasteiger partial charge < -0.3 is 21.1 Å². The molecule has 0 bridgehead atoms. The number of rotatable bonds is 5. The van der Waals surface area contributed by atoms with Gasteiger partial charge in [-0.05, 0) is 33.8 Å². The number of nitrogens with zero attached hydrogens (tertiary/aromatic N) is 3. The molecule has 0 spiro atoms. The Morgan fingerprint density at radius 1 is 1.31 bits per heavy atom. The molecule has 1 atom stereocenters. The topological polar surface area (TPSA) is 132 Å². The fourth-order valence-corrected chi connectivity index (χ4v) is 2.33. The van der Waals surface area contributed by atoms with Crippen molar-refractivity contribution in [1.82, 2.24) is 20.3 Å². The van der Waals surface area contributed by atoms with E-state index in [4.69, 9.17) is 22.1 Å². The van der Waals surface area contributed by atoms with E-state index in [-0.39, 0.29) is 16.8 Å². The smallest absolute Gasteiger partial charge is 0.407 e. The van der Waals surface area contributed by atoms with Crippen molar-refractivity contribution in [1.29, 1.82) is 0 Å². The third-order valence-electron chi connectivity index (χ3n) is 3.16. The van der Waals surface area contributed by atoms with Crippen LogP contribution in [-0.2, 0) is 4.74 Å². The monoisotopic (exact) mass is 380 g/mol. The number of hydrogen-bond acceptors (Lipinski definition) is 7. The van der Waals surface area contributed by atoms with Gasteiger partial charge in [-0.1, -0.05) is 11.6 Å². The fraction of sp³-hybridized carbons (Fsp3) is 0.438. The molecule has 0 aliphatic rings. The van der Waals surface area contributed by atoms with Crippen LogP contribution in [0.5, 0.6) is 0 Å². The Morgan fingerprint density at radius 3 is 2.62 bits per heavy atom. The molecule has 0 fully saturated rings. The van der Waals surface area contributed by atoms with E-state index in [0.29, 0.717) is 23.4 Å². The van der Waals surface area contributed by atoms with Crippen molar-refractivity contribution in [3.8, 4) is 0 Å². The van der Waals surface area contributed by atoms with Gasteiger partial charge in [0.25, 0.3) is 5.91 Å². The van der Waals surface area contributed by atoms with Crippen LogP contribution in [0.15, 0.2) is 12.4 Å². The number of alkyl carbamates (subject to hydrolysis) is 1. The molecule has 0 saturated carbocycles. The number of nitrogens with one attached hydrogen (secondary N) is 2. The van der Waals surface area contributed by atoms with Crippen molar-refractivity contribution >= 4 is 40.5 Å². The van der Waals surface area contributed by atoms with E-state index < -0.39 is 17.6 Å². The van der Waals surface area contributed by atoms with Crippen LogP contribution in [0.25, 0.3) is 11.0 Å². The summed E-state index contributed by atoms with van der Waals surface area (Å²) in [7, 11) is 0. The van der Waals surface area contributed by atoms with Crippen LogP contribution >= 0.6 is 11.6 Å². The van der Waals surface area contributed by atoms with Gasteiger partial charge in [0, 0.05) is 12.6 Å². The summed E-state index contributed by atoms with van der Waals surface area (Å²) in [6.45, 7) is 7.50. The lowest BCUT2D eigenvalue weighted by molar-refractivity contribution is 0.0511. The molecule has 26 heavy (non-hydrogen) atoms. The molecule has 0 saturated heterocycles. The van der Waals surface area contributed by atoms with Crippen molar-refractivity contribution in [3.63, 3.8) is 0 Å². The van der Waals surface area contributed by atoms with Crippen LogP contribution in [0.3, 0.4) is 0 Å². The summed E-state index contributed by atoms with van der Waals surface area (Å²) in [6.07, 6.45) is 0.773. The summed E-state index contributed by atoms with van der Waals surface area (Å²) < 4.78 is 5.20. The molecule has 2 amide bonds. The van der Waals surface area contributed by atoms with Crippen LogP contribution in [0.2, 0.25) is 5.15 Å². The van der Waals surface area contributed by atoms with Gasteiger partial charge in [-0.25, -0.2) is 19.7 Å². The Kier molecular flexibility index (Phi) is 5.81. The zero-order chi connectivity index (χ0) is 19.5. The van der Waals surface area contributed by atoms with E-state index in [1.54, 1.807) is 27.7 Å². The highest BCUT2D eigenvalue weighted by atomic mass is 35.5. The molecule has 0 radical (unpaired) electrons. The van der Waals surface area contributed by atoms with Gasteiger partial charge in [0.1, 0.15) is 28.1 Å². The van der Waals surface area contributed by atoms with Crippen LogP contribution in [0.1, 0.15) is 38.1 Å². The lowest BCUT2D eigenvalue weighted by Gasteiger charge is -2.22. The highest BCUT2D eigenvalue weighted by Crippen LogP contribution is 2.23. The average molecular weight is 381 g/mol. The highest BCUT2D eigenvalue weighted by molar-refractivity contribution is 6.30. The molecular weight excluding hydrogens is 360 g/mol.